The van der Waals surface area contributed by atoms with Crippen molar-refractivity contribution in [1.29, 1.82) is 0 Å². The Hall–Kier alpha value is -2.43. The molecule has 1 heterocycles. The van der Waals surface area contributed by atoms with Crippen LogP contribution in [-0.4, -0.2) is 5.91 Å². The van der Waals surface area contributed by atoms with E-state index in [0.29, 0.717) is 32.8 Å². The van der Waals surface area contributed by atoms with Crippen LogP contribution in [0.25, 0.3) is 0 Å². The molecule has 128 valence electrons. The van der Waals surface area contributed by atoms with E-state index in [1.54, 1.807) is 43.3 Å². The molecule has 2 aromatic carbocycles. The second-order valence-electron chi connectivity index (χ2n) is 5.40. The summed E-state index contributed by atoms with van der Waals surface area (Å²) in [4.78, 5) is 12.3. The third-order valence-electron chi connectivity index (χ3n) is 3.60. The summed E-state index contributed by atoms with van der Waals surface area (Å²) in [6, 6.07) is 14.0. The molecule has 1 aromatic heterocycles. The van der Waals surface area contributed by atoms with Crippen molar-refractivity contribution in [2.75, 3.05) is 5.32 Å². The standard InChI is InChI=1S/C19H15Cl2NO3/c1-12-17(7-8-24-12)19(23)22-15-5-6-18(21)13(9-15)11-25-16-4-2-3-14(20)10-16/h2-10H,11H2,1H3,(H,22,23). The quantitative estimate of drug-likeness (QED) is 0.619. The average molecular weight is 376 g/mol. The van der Waals surface area contributed by atoms with Gasteiger partial charge in [-0.3, -0.25) is 4.79 Å². The van der Waals surface area contributed by atoms with Crippen LogP contribution in [0.3, 0.4) is 0 Å². The van der Waals surface area contributed by atoms with E-state index in [9.17, 15) is 4.79 Å². The number of hydrogen-bond donors (Lipinski definition) is 1. The third-order valence-corrected chi connectivity index (χ3v) is 4.20. The summed E-state index contributed by atoms with van der Waals surface area (Å²) in [6.45, 7) is 1.99. The van der Waals surface area contributed by atoms with Crippen molar-refractivity contribution in [1.82, 2.24) is 0 Å². The summed E-state index contributed by atoms with van der Waals surface area (Å²) in [5, 5.41) is 3.98. The molecule has 1 N–H and O–H groups in total. The summed E-state index contributed by atoms with van der Waals surface area (Å²) in [7, 11) is 0. The van der Waals surface area contributed by atoms with Gasteiger partial charge in [0.05, 0.1) is 11.8 Å². The van der Waals surface area contributed by atoms with E-state index in [0.717, 1.165) is 5.56 Å². The minimum Gasteiger partial charge on any atom is -0.489 e. The highest BCUT2D eigenvalue weighted by molar-refractivity contribution is 6.31. The van der Waals surface area contributed by atoms with Crippen LogP contribution in [0.1, 0.15) is 21.7 Å². The third kappa shape index (κ3) is 4.35. The lowest BCUT2D eigenvalue weighted by molar-refractivity contribution is 0.102. The van der Waals surface area contributed by atoms with Crippen LogP contribution in [0.4, 0.5) is 5.69 Å². The summed E-state index contributed by atoms with van der Waals surface area (Å²) >= 11 is 12.2. The summed E-state index contributed by atoms with van der Waals surface area (Å²) in [5.74, 6) is 0.971. The van der Waals surface area contributed by atoms with E-state index >= 15 is 0 Å². The molecule has 1 amide bonds. The molecule has 0 aliphatic rings. The number of hydrogen-bond acceptors (Lipinski definition) is 3. The van der Waals surface area contributed by atoms with E-state index < -0.39 is 0 Å². The molecule has 6 heteroatoms. The molecule has 0 atom stereocenters. The van der Waals surface area contributed by atoms with Gasteiger partial charge in [0.2, 0.25) is 0 Å². The van der Waals surface area contributed by atoms with Gasteiger partial charge in [0.1, 0.15) is 18.1 Å². The summed E-state index contributed by atoms with van der Waals surface area (Å²) < 4.78 is 10.9. The number of carbonyl (C=O) groups excluding carboxylic acids is 1. The van der Waals surface area contributed by atoms with E-state index in [1.165, 1.54) is 6.26 Å². The van der Waals surface area contributed by atoms with Crippen molar-refractivity contribution in [2.45, 2.75) is 13.5 Å². The highest BCUT2D eigenvalue weighted by Gasteiger charge is 2.12. The van der Waals surface area contributed by atoms with Crippen molar-refractivity contribution in [3.8, 4) is 5.75 Å². The van der Waals surface area contributed by atoms with Gasteiger partial charge >= 0.3 is 0 Å². The molecular formula is C19H15Cl2NO3. The predicted octanol–water partition coefficient (Wildman–Crippen LogP) is 5.73. The number of amides is 1. The Morgan fingerprint density at radius 2 is 2.00 bits per heavy atom. The van der Waals surface area contributed by atoms with E-state index in [1.807, 2.05) is 12.1 Å². The molecule has 0 saturated carbocycles. The first-order valence-electron chi connectivity index (χ1n) is 7.55. The van der Waals surface area contributed by atoms with Crippen LogP contribution in [0, 0.1) is 6.92 Å². The number of aryl methyl sites for hydroxylation is 1. The molecule has 0 aliphatic carbocycles. The molecule has 0 spiro atoms. The van der Waals surface area contributed by atoms with Gasteiger partial charge in [0.15, 0.2) is 0 Å². The van der Waals surface area contributed by atoms with Crippen LogP contribution < -0.4 is 10.1 Å². The van der Waals surface area contributed by atoms with E-state index in [2.05, 4.69) is 5.32 Å². The molecule has 0 aliphatic heterocycles. The Morgan fingerprint density at radius 3 is 2.72 bits per heavy atom. The van der Waals surface area contributed by atoms with Gasteiger partial charge in [0.25, 0.3) is 5.91 Å². The molecule has 0 bridgehead atoms. The normalized spacial score (nSPS) is 10.5. The highest BCUT2D eigenvalue weighted by atomic mass is 35.5. The van der Waals surface area contributed by atoms with Crippen LogP contribution in [0.5, 0.6) is 5.75 Å². The Bertz CT molecular complexity index is 905. The fourth-order valence-corrected chi connectivity index (χ4v) is 2.65. The number of halogens is 2. The van der Waals surface area contributed by atoms with Crippen LogP contribution in [0.15, 0.2) is 59.2 Å². The zero-order chi connectivity index (χ0) is 17.8. The van der Waals surface area contributed by atoms with Gasteiger partial charge in [-0.25, -0.2) is 0 Å². The number of ether oxygens (including phenoxy) is 1. The molecular weight excluding hydrogens is 361 g/mol. The van der Waals surface area contributed by atoms with Crippen molar-refractivity contribution in [3.63, 3.8) is 0 Å². The predicted molar refractivity (Wildman–Crippen MR) is 98.6 cm³/mol. The van der Waals surface area contributed by atoms with Gasteiger partial charge in [0, 0.05) is 21.3 Å². The van der Waals surface area contributed by atoms with Crippen LogP contribution in [-0.2, 0) is 6.61 Å². The number of furan rings is 1. The van der Waals surface area contributed by atoms with Gasteiger partial charge < -0.3 is 14.5 Å². The Balaban J connectivity index is 1.72. The first-order chi connectivity index (χ1) is 12.0. The molecule has 4 nitrogen and oxygen atoms in total. The van der Waals surface area contributed by atoms with Crippen LogP contribution in [0.2, 0.25) is 10.0 Å². The maximum absolute atomic E-state index is 12.3. The number of nitrogens with one attached hydrogen (secondary N) is 1. The maximum Gasteiger partial charge on any atom is 0.259 e. The number of carbonyl (C=O) groups is 1. The molecule has 0 saturated heterocycles. The first kappa shape index (κ1) is 17.4. The van der Waals surface area contributed by atoms with Gasteiger partial charge in [-0.1, -0.05) is 29.3 Å². The van der Waals surface area contributed by atoms with Crippen molar-refractivity contribution in [2.24, 2.45) is 0 Å². The lowest BCUT2D eigenvalue weighted by atomic mass is 10.2. The average Bonchev–Trinajstić information content (AvgIpc) is 3.01. The highest BCUT2D eigenvalue weighted by Crippen LogP contribution is 2.24. The fraction of sp³-hybridized carbons (Fsp3) is 0.105. The zero-order valence-corrected chi connectivity index (χ0v) is 14.9. The monoisotopic (exact) mass is 375 g/mol. The van der Waals surface area contributed by atoms with E-state index in [-0.39, 0.29) is 12.5 Å². The van der Waals surface area contributed by atoms with Gasteiger partial charge in [-0.15, -0.1) is 0 Å². The number of benzene rings is 2. The lowest BCUT2D eigenvalue weighted by Gasteiger charge is -2.11. The first-order valence-corrected chi connectivity index (χ1v) is 8.31. The molecule has 0 radical (unpaired) electrons. The molecule has 0 fully saturated rings. The molecule has 3 aromatic rings. The minimum atomic E-state index is -0.240. The maximum atomic E-state index is 12.3. The molecule has 0 unspecified atom stereocenters. The van der Waals surface area contributed by atoms with Gasteiger partial charge in [-0.2, -0.15) is 0 Å². The lowest BCUT2D eigenvalue weighted by Crippen LogP contribution is -2.12. The summed E-state index contributed by atoms with van der Waals surface area (Å²) in [6.07, 6.45) is 1.48. The van der Waals surface area contributed by atoms with E-state index in [4.69, 9.17) is 32.4 Å². The second-order valence-corrected chi connectivity index (χ2v) is 6.24. The van der Waals surface area contributed by atoms with Crippen LogP contribution >= 0.6 is 23.2 Å². The molecule has 3 rings (SSSR count). The fourth-order valence-electron chi connectivity index (χ4n) is 2.30. The minimum absolute atomic E-state index is 0.240. The smallest absolute Gasteiger partial charge is 0.259 e. The Labute approximate surface area is 155 Å². The Morgan fingerprint density at radius 1 is 1.16 bits per heavy atom. The second kappa shape index (κ2) is 7.64. The zero-order valence-electron chi connectivity index (χ0n) is 13.4. The number of anilines is 1. The van der Waals surface area contributed by atoms with Gasteiger partial charge in [-0.05, 0) is 49.4 Å². The van der Waals surface area contributed by atoms with Crippen molar-refractivity contribution < 1.29 is 13.9 Å². The summed E-state index contributed by atoms with van der Waals surface area (Å²) in [5.41, 5.74) is 1.87. The van der Waals surface area contributed by atoms with Crippen molar-refractivity contribution >= 4 is 34.8 Å². The number of rotatable bonds is 5. The molecule has 25 heavy (non-hydrogen) atoms. The Kier molecular flexibility index (Phi) is 5.31. The topological polar surface area (TPSA) is 51.5 Å². The van der Waals surface area contributed by atoms with Crippen molar-refractivity contribution in [3.05, 3.63) is 81.7 Å². The SMILES string of the molecule is Cc1occc1C(=O)Nc1ccc(Cl)c(COc2cccc(Cl)c2)c1. The largest absolute Gasteiger partial charge is 0.489 e.